The number of carboxylic acid groups (broad SMARTS) is 1. The van der Waals surface area contributed by atoms with Gasteiger partial charge in [0.15, 0.2) is 0 Å². The molecule has 25 heavy (non-hydrogen) atoms. The minimum Gasteiger partial charge on any atom is -0.481 e. The van der Waals surface area contributed by atoms with Crippen LogP contribution < -0.4 is 0 Å². The predicted octanol–water partition coefficient (Wildman–Crippen LogP) is 1.01. The molecule has 0 bridgehead atoms. The fourth-order valence-electron chi connectivity index (χ4n) is 3.08. The van der Waals surface area contributed by atoms with Crippen LogP contribution in [0.4, 0.5) is 0 Å². The molecule has 0 aromatic carbocycles. The van der Waals surface area contributed by atoms with Gasteiger partial charge < -0.3 is 19.4 Å². The van der Waals surface area contributed by atoms with Crippen LogP contribution in [0.25, 0.3) is 0 Å². The molecule has 2 amide bonds. The van der Waals surface area contributed by atoms with E-state index in [4.69, 9.17) is 9.63 Å². The van der Waals surface area contributed by atoms with Crippen LogP contribution in [0.1, 0.15) is 36.3 Å². The van der Waals surface area contributed by atoms with Crippen molar-refractivity contribution < 1.29 is 24.0 Å². The van der Waals surface area contributed by atoms with Gasteiger partial charge in [0.1, 0.15) is 5.76 Å². The monoisotopic (exact) mass is 351 g/mol. The second-order valence-electron chi connectivity index (χ2n) is 6.57. The number of carbonyl (C=O) groups excluding carboxylic acids is 2. The van der Waals surface area contributed by atoms with E-state index in [2.05, 4.69) is 5.16 Å². The number of likely N-dealkylation sites (N-methyl/N-ethyl adjacent to an activating group) is 1. The van der Waals surface area contributed by atoms with E-state index < -0.39 is 11.9 Å². The topological polar surface area (TPSA) is 104 Å². The van der Waals surface area contributed by atoms with E-state index in [0.29, 0.717) is 31.6 Å². The second kappa shape index (κ2) is 8.13. The molecule has 138 valence electrons. The highest BCUT2D eigenvalue weighted by Crippen LogP contribution is 2.17. The molecular formula is C17H25N3O5. The summed E-state index contributed by atoms with van der Waals surface area (Å²) in [5.41, 5.74) is 1.70. The zero-order valence-corrected chi connectivity index (χ0v) is 14.9. The van der Waals surface area contributed by atoms with Crippen molar-refractivity contribution in [1.29, 1.82) is 0 Å². The fourth-order valence-corrected chi connectivity index (χ4v) is 3.08. The maximum atomic E-state index is 12.3. The number of hydrogen-bond acceptors (Lipinski definition) is 5. The third-order valence-corrected chi connectivity index (χ3v) is 4.69. The highest BCUT2D eigenvalue weighted by molar-refractivity contribution is 5.85. The quantitative estimate of drug-likeness (QED) is 0.820. The van der Waals surface area contributed by atoms with Crippen LogP contribution in [0, 0.1) is 19.8 Å². The molecule has 1 unspecified atom stereocenters. The zero-order chi connectivity index (χ0) is 18.6. The van der Waals surface area contributed by atoms with Gasteiger partial charge in [-0.2, -0.15) is 0 Å². The van der Waals surface area contributed by atoms with Crippen LogP contribution in [-0.4, -0.2) is 64.5 Å². The van der Waals surface area contributed by atoms with Crippen LogP contribution in [0.3, 0.4) is 0 Å². The molecule has 0 spiro atoms. The Morgan fingerprint density at radius 1 is 1.36 bits per heavy atom. The Hall–Kier alpha value is -2.38. The SMILES string of the molecule is Cc1noc(C)c1CCC(=O)N(C)CC(=O)N1CCCC(C(=O)O)C1. The van der Waals surface area contributed by atoms with E-state index in [1.807, 2.05) is 13.8 Å². The fraction of sp³-hybridized carbons (Fsp3) is 0.647. The van der Waals surface area contributed by atoms with Crippen molar-refractivity contribution in [3.63, 3.8) is 0 Å². The molecule has 1 fully saturated rings. The van der Waals surface area contributed by atoms with Crippen LogP contribution in [0.2, 0.25) is 0 Å². The number of nitrogens with zero attached hydrogens (tertiary/aromatic N) is 3. The first-order chi connectivity index (χ1) is 11.8. The summed E-state index contributed by atoms with van der Waals surface area (Å²) < 4.78 is 5.08. The lowest BCUT2D eigenvalue weighted by molar-refractivity contribution is -0.147. The first-order valence-electron chi connectivity index (χ1n) is 8.46. The van der Waals surface area contributed by atoms with Crippen molar-refractivity contribution in [2.75, 3.05) is 26.7 Å². The lowest BCUT2D eigenvalue weighted by Gasteiger charge is -2.32. The molecule has 8 nitrogen and oxygen atoms in total. The Labute approximate surface area is 146 Å². The molecule has 1 atom stereocenters. The average Bonchev–Trinajstić information content (AvgIpc) is 2.90. The lowest BCUT2D eigenvalue weighted by Crippen LogP contribution is -2.46. The van der Waals surface area contributed by atoms with Crippen LogP contribution >= 0.6 is 0 Å². The van der Waals surface area contributed by atoms with Gasteiger partial charge in [-0.3, -0.25) is 14.4 Å². The molecule has 1 aliphatic heterocycles. The van der Waals surface area contributed by atoms with Crippen molar-refractivity contribution >= 4 is 17.8 Å². The number of aliphatic carboxylic acids is 1. The molecule has 0 aliphatic carbocycles. The van der Waals surface area contributed by atoms with E-state index in [0.717, 1.165) is 11.3 Å². The van der Waals surface area contributed by atoms with Gasteiger partial charge >= 0.3 is 5.97 Å². The number of piperidine rings is 1. The Bertz CT molecular complexity index is 635. The summed E-state index contributed by atoms with van der Waals surface area (Å²) in [6.45, 7) is 4.37. The van der Waals surface area contributed by atoms with Crippen molar-refractivity contribution in [3.8, 4) is 0 Å². The Kier molecular flexibility index (Phi) is 6.17. The number of rotatable bonds is 6. The lowest BCUT2D eigenvalue weighted by atomic mass is 9.98. The maximum Gasteiger partial charge on any atom is 0.308 e. The largest absolute Gasteiger partial charge is 0.481 e. The minimum absolute atomic E-state index is 0.0349. The van der Waals surface area contributed by atoms with Gasteiger partial charge in [-0.05, 0) is 33.1 Å². The van der Waals surface area contributed by atoms with Gasteiger partial charge in [0.25, 0.3) is 0 Å². The Balaban J connectivity index is 1.83. The molecule has 2 rings (SSSR count). The number of aromatic nitrogens is 1. The van der Waals surface area contributed by atoms with Crippen molar-refractivity contribution in [3.05, 3.63) is 17.0 Å². The average molecular weight is 351 g/mol. The number of aryl methyl sites for hydroxylation is 2. The summed E-state index contributed by atoms with van der Waals surface area (Å²) in [7, 11) is 1.59. The van der Waals surface area contributed by atoms with E-state index in [-0.39, 0.29) is 31.3 Å². The third-order valence-electron chi connectivity index (χ3n) is 4.69. The standard InChI is InChI=1S/C17H25N3O5/c1-11-14(12(2)25-18-11)6-7-15(21)19(3)10-16(22)20-8-4-5-13(9-20)17(23)24/h13H,4-10H2,1-3H3,(H,23,24). The van der Waals surface area contributed by atoms with E-state index >= 15 is 0 Å². The number of carboxylic acids is 1. The number of amides is 2. The van der Waals surface area contributed by atoms with Crippen LogP contribution in [0.5, 0.6) is 0 Å². The molecule has 1 aromatic heterocycles. The van der Waals surface area contributed by atoms with Crippen LogP contribution in [-0.2, 0) is 20.8 Å². The van der Waals surface area contributed by atoms with Crippen molar-refractivity contribution in [1.82, 2.24) is 15.0 Å². The summed E-state index contributed by atoms with van der Waals surface area (Å²) in [4.78, 5) is 38.6. The molecule has 8 heteroatoms. The minimum atomic E-state index is -0.874. The summed E-state index contributed by atoms with van der Waals surface area (Å²) in [5, 5.41) is 13.0. The van der Waals surface area contributed by atoms with Crippen LogP contribution in [0.15, 0.2) is 4.52 Å². The van der Waals surface area contributed by atoms with E-state index in [1.54, 1.807) is 11.9 Å². The van der Waals surface area contributed by atoms with Gasteiger partial charge in [-0.1, -0.05) is 5.16 Å². The van der Waals surface area contributed by atoms with Crippen molar-refractivity contribution in [2.24, 2.45) is 5.92 Å². The third kappa shape index (κ3) is 4.80. The molecule has 0 radical (unpaired) electrons. The summed E-state index contributed by atoms with van der Waals surface area (Å²) in [6.07, 6.45) is 2.05. The summed E-state index contributed by atoms with van der Waals surface area (Å²) in [6, 6.07) is 0. The first kappa shape index (κ1) is 19.0. The molecule has 1 N–H and O–H groups in total. The summed E-state index contributed by atoms with van der Waals surface area (Å²) in [5.74, 6) is -1.03. The van der Waals surface area contributed by atoms with Gasteiger partial charge in [0.2, 0.25) is 11.8 Å². The smallest absolute Gasteiger partial charge is 0.308 e. The summed E-state index contributed by atoms with van der Waals surface area (Å²) >= 11 is 0. The predicted molar refractivity (Wildman–Crippen MR) is 88.9 cm³/mol. The normalized spacial score (nSPS) is 17.4. The van der Waals surface area contributed by atoms with Gasteiger partial charge in [0, 0.05) is 32.1 Å². The molecule has 1 saturated heterocycles. The molecule has 1 aliphatic rings. The number of carbonyl (C=O) groups is 3. The maximum absolute atomic E-state index is 12.3. The van der Waals surface area contributed by atoms with Gasteiger partial charge in [-0.25, -0.2) is 0 Å². The van der Waals surface area contributed by atoms with E-state index in [9.17, 15) is 14.4 Å². The van der Waals surface area contributed by atoms with Gasteiger partial charge in [0.05, 0.1) is 18.2 Å². The second-order valence-corrected chi connectivity index (χ2v) is 6.57. The molecular weight excluding hydrogens is 326 g/mol. The van der Waals surface area contributed by atoms with Gasteiger partial charge in [-0.15, -0.1) is 0 Å². The zero-order valence-electron chi connectivity index (χ0n) is 14.9. The molecule has 0 saturated carbocycles. The molecule has 1 aromatic rings. The van der Waals surface area contributed by atoms with E-state index in [1.165, 1.54) is 4.90 Å². The highest BCUT2D eigenvalue weighted by atomic mass is 16.5. The van der Waals surface area contributed by atoms with Crippen molar-refractivity contribution in [2.45, 2.75) is 39.5 Å². The highest BCUT2D eigenvalue weighted by Gasteiger charge is 2.29. The Morgan fingerprint density at radius 2 is 2.08 bits per heavy atom. The number of likely N-dealkylation sites (tertiary alicyclic amines) is 1. The Morgan fingerprint density at radius 3 is 2.68 bits per heavy atom. The number of hydrogen-bond donors (Lipinski definition) is 1. The first-order valence-corrected chi connectivity index (χ1v) is 8.46. The molecule has 2 heterocycles.